The molecule has 0 saturated heterocycles. The number of benzene rings is 3. The molecule has 0 atom stereocenters. The number of nitrogens with zero attached hydrogens (tertiary/aromatic N) is 1. The molecule has 2 nitrogen and oxygen atoms in total. The van der Waals surface area contributed by atoms with Gasteiger partial charge < -0.3 is 5.11 Å². The number of aliphatic hydroxyl groups is 1. The van der Waals surface area contributed by atoms with Crippen molar-refractivity contribution in [2.24, 2.45) is 0 Å². The van der Waals surface area contributed by atoms with Crippen LogP contribution in [0.2, 0.25) is 0 Å². The molecule has 0 spiro atoms. The molecule has 3 aromatic carbocycles. The number of aliphatic hydroxyl groups excluding tert-OH is 1. The average molecular weight is 349 g/mol. The lowest BCUT2D eigenvalue weighted by Gasteiger charge is -2.32. The quantitative estimate of drug-likeness (QED) is 0.631. The maximum absolute atomic E-state index is 13.7. The lowest BCUT2D eigenvalue weighted by molar-refractivity contribution is 0.186. The van der Waals surface area contributed by atoms with Gasteiger partial charge in [0.2, 0.25) is 0 Å². The van der Waals surface area contributed by atoms with Crippen LogP contribution >= 0.6 is 0 Å². The first-order chi connectivity index (χ1) is 12.8. The number of halogens is 1. The Morgan fingerprint density at radius 2 is 1.42 bits per heavy atom. The first-order valence-corrected chi connectivity index (χ1v) is 8.97. The molecular formula is C23H24FNO. The van der Waals surface area contributed by atoms with Gasteiger partial charge in [0.1, 0.15) is 5.82 Å². The minimum atomic E-state index is -0.222. The molecule has 3 rings (SSSR count). The summed E-state index contributed by atoms with van der Waals surface area (Å²) in [5.74, 6) is -0.222. The van der Waals surface area contributed by atoms with E-state index in [0.717, 1.165) is 12.1 Å². The van der Waals surface area contributed by atoms with Crippen LogP contribution in [0.15, 0.2) is 84.9 Å². The van der Waals surface area contributed by atoms with Gasteiger partial charge in [-0.2, -0.15) is 0 Å². The van der Waals surface area contributed by atoms with E-state index in [0.29, 0.717) is 13.0 Å². The summed E-state index contributed by atoms with van der Waals surface area (Å²) in [6, 6.07) is 27.4. The summed E-state index contributed by atoms with van der Waals surface area (Å²) in [6.45, 7) is 1.48. The SMILES string of the molecule is OCCCN(Cc1cccc(F)c1)C(c1ccccc1)c1ccccc1. The standard InChI is InChI=1S/C23H24FNO/c24-22-14-7-9-19(17-22)18-25(15-8-16-26)23(20-10-3-1-4-11-20)21-12-5-2-6-13-21/h1-7,9-14,17,23,26H,8,15-16,18H2. The number of hydrogen-bond donors (Lipinski definition) is 1. The van der Waals surface area contributed by atoms with Gasteiger partial charge in [0.25, 0.3) is 0 Å². The van der Waals surface area contributed by atoms with E-state index in [9.17, 15) is 9.50 Å². The van der Waals surface area contributed by atoms with Gasteiger partial charge in [-0.1, -0.05) is 72.8 Å². The summed E-state index contributed by atoms with van der Waals surface area (Å²) in [5, 5.41) is 9.36. The third-order valence-corrected chi connectivity index (χ3v) is 4.47. The topological polar surface area (TPSA) is 23.5 Å². The smallest absolute Gasteiger partial charge is 0.123 e. The van der Waals surface area contributed by atoms with Gasteiger partial charge in [-0.25, -0.2) is 4.39 Å². The van der Waals surface area contributed by atoms with E-state index in [1.807, 2.05) is 42.5 Å². The Hall–Kier alpha value is -2.49. The van der Waals surface area contributed by atoms with Gasteiger partial charge in [0.15, 0.2) is 0 Å². The second-order valence-electron chi connectivity index (χ2n) is 6.40. The van der Waals surface area contributed by atoms with E-state index in [-0.39, 0.29) is 18.5 Å². The zero-order valence-corrected chi connectivity index (χ0v) is 14.8. The predicted octanol–water partition coefficient (Wildman–Crippen LogP) is 4.80. The molecule has 0 fully saturated rings. The van der Waals surface area contributed by atoms with Gasteiger partial charge in [-0.15, -0.1) is 0 Å². The molecule has 3 aromatic rings. The van der Waals surface area contributed by atoms with Crippen LogP contribution in [0.3, 0.4) is 0 Å². The molecule has 0 bridgehead atoms. The summed E-state index contributed by atoms with van der Waals surface area (Å²) in [7, 11) is 0. The average Bonchev–Trinajstić information content (AvgIpc) is 2.68. The predicted molar refractivity (Wildman–Crippen MR) is 103 cm³/mol. The fourth-order valence-electron chi connectivity index (χ4n) is 3.33. The number of rotatable bonds is 8. The first kappa shape index (κ1) is 18.3. The lowest BCUT2D eigenvalue weighted by atomic mass is 9.96. The van der Waals surface area contributed by atoms with E-state index in [2.05, 4.69) is 29.2 Å². The molecule has 0 heterocycles. The Morgan fingerprint density at radius 3 is 1.96 bits per heavy atom. The van der Waals surface area contributed by atoms with Gasteiger partial charge in [0.05, 0.1) is 6.04 Å². The molecule has 26 heavy (non-hydrogen) atoms. The Balaban J connectivity index is 1.98. The highest BCUT2D eigenvalue weighted by molar-refractivity contribution is 5.32. The van der Waals surface area contributed by atoms with Crippen LogP contribution in [-0.4, -0.2) is 23.2 Å². The zero-order chi connectivity index (χ0) is 18.2. The van der Waals surface area contributed by atoms with E-state index in [1.165, 1.54) is 17.2 Å². The van der Waals surface area contributed by atoms with Crippen LogP contribution in [0.4, 0.5) is 4.39 Å². The third-order valence-electron chi connectivity index (χ3n) is 4.47. The summed E-state index contributed by atoms with van der Waals surface area (Å²) < 4.78 is 13.7. The summed E-state index contributed by atoms with van der Waals surface area (Å²) in [5.41, 5.74) is 3.31. The van der Waals surface area contributed by atoms with Crippen LogP contribution in [0.25, 0.3) is 0 Å². The minimum absolute atomic E-state index is 0.0483. The molecule has 0 aliphatic rings. The highest BCUT2D eigenvalue weighted by atomic mass is 19.1. The van der Waals surface area contributed by atoms with Crippen LogP contribution < -0.4 is 0 Å². The van der Waals surface area contributed by atoms with Crippen molar-refractivity contribution in [2.45, 2.75) is 19.0 Å². The molecule has 134 valence electrons. The zero-order valence-electron chi connectivity index (χ0n) is 14.8. The van der Waals surface area contributed by atoms with Crippen molar-refractivity contribution in [1.82, 2.24) is 4.90 Å². The summed E-state index contributed by atoms with van der Waals surface area (Å²) in [4.78, 5) is 2.30. The summed E-state index contributed by atoms with van der Waals surface area (Å²) >= 11 is 0. The van der Waals surface area contributed by atoms with Crippen LogP contribution in [0.1, 0.15) is 29.2 Å². The Morgan fingerprint density at radius 1 is 0.808 bits per heavy atom. The molecule has 0 aliphatic carbocycles. The van der Waals surface area contributed by atoms with Crippen molar-refractivity contribution in [1.29, 1.82) is 0 Å². The normalized spacial score (nSPS) is 11.2. The van der Waals surface area contributed by atoms with Crippen molar-refractivity contribution in [3.05, 3.63) is 107 Å². The Bertz CT molecular complexity index is 752. The fraction of sp³-hybridized carbons (Fsp3) is 0.217. The molecule has 1 N–H and O–H groups in total. The molecule has 0 aromatic heterocycles. The second-order valence-corrected chi connectivity index (χ2v) is 6.40. The van der Waals surface area contributed by atoms with Crippen molar-refractivity contribution >= 4 is 0 Å². The number of hydrogen-bond acceptors (Lipinski definition) is 2. The maximum atomic E-state index is 13.7. The maximum Gasteiger partial charge on any atom is 0.123 e. The van der Waals surface area contributed by atoms with Crippen molar-refractivity contribution < 1.29 is 9.50 Å². The molecular weight excluding hydrogens is 325 g/mol. The Labute approximate surface area is 154 Å². The molecule has 0 aliphatic heterocycles. The summed E-state index contributed by atoms with van der Waals surface area (Å²) in [6.07, 6.45) is 0.672. The first-order valence-electron chi connectivity index (χ1n) is 8.97. The fourth-order valence-corrected chi connectivity index (χ4v) is 3.33. The van der Waals surface area contributed by atoms with Gasteiger partial charge >= 0.3 is 0 Å². The van der Waals surface area contributed by atoms with Crippen LogP contribution in [-0.2, 0) is 6.54 Å². The lowest BCUT2D eigenvalue weighted by Crippen LogP contribution is -2.31. The largest absolute Gasteiger partial charge is 0.396 e. The Kier molecular flexibility index (Phi) is 6.53. The van der Waals surface area contributed by atoms with Crippen molar-refractivity contribution in [2.75, 3.05) is 13.2 Å². The van der Waals surface area contributed by atoms with Gasteiger partial charge in [-0.3, -0.25) is 4.90 Å². The molecule has 0 unspecified atom stereocenters. The van der Waals surface area contributed by atoms with Crippen molar-refractivity contribution in [3.63, 3.8) is 0 Å². The van der Waals surface area contributed by atoms with Crippen molar-refractivity contribution in [3.8, 4) is 0 Å². The van der Waals surface area contributed by atoms with E-state index in [4.69, 9.17) is 0 Å². The van der Waals surface area contributed by atoms with E-state index < -0.39 is 0 Å². The third kappa shape index (κ3) is 4.78. The highest BCUT2D eigenvalue weighted by Gasteiger charge is 2.22. The second kappa shape index (κ2) is 9.27. The molecule has 3 heteroatoms. The van der Waals surface area contributed by atoms with E-state index >= 15 is 0 Å². The molecule has 0 amide bonds. The minimum Gasteiger partial charge on any atom is -0.396 e. The van der Waals surface area contributed by atoms with E-state index in [1.54, 1.807) is 12.1 Å². The van der Waals surface area contributed by atoms with Crippen LogP contribution in [0.5, 0.6) is 0 Å². The molecule has 0 saturated carbocycles. The van der Waals surface area contributed by atoms with Gasteiger partial charge in [0, 0.05) is 19.7 Å². The monoisotopic (exact) mass is 349 g/mol. The molecule has 0 radical (unpaired) electrons. The highest BCUT2D eigenvalue weighted by Crippen LogP contribution is 2.30. The van der Waals surface area contributed by atoms with Crippen LogP contribution in [0, 0.1) is 5.82 Å². The van der Waals surface area contributed by atoms with Gasteiger partial charge in [-0.05, 0) is 35.2 Å².